The fraction of sp³-hybridized carbons (Fsp3) is 0.238. The van der Waals surface area contributed by atoms with Crippen molar-refractivity contribution in [2.75, 3.05) is 31.1 Å². The van der Waals surface area contributed by atoms with Gasteiger partial charge in [0.1, 0.15) is 6.54 Å². The van der Waals surface area contributed by atoms with E-state index in [1.807, 2.05) is 45.9 Å². The number of pyridine rings is 1. The number of aromatic nitrogens is 1. The first-order chi connectivity index (χ1) is 12.7. The van der Waals surface area contributed by atoms with Gasteiger partial charge >= 0.3 is 0 Å². The maximum atomic E-state index is 12.7. The Bertz CT molecular complexity index is 973. The number of carbonyl (C=O) groups is 1. The summed E-state index contributed by atoms with van der Waals surface area (Å²) in [6.07, 6.45) is 1.71. The molecule has 1 fully saturated rings. The van der Waals surface area contributed by atoms with E-state index in [1.165, 1.54) is 11.8 Å². The quantitative estimate of drug-likeness (QED) is 0.731. The second kappa shape index (κ2) is 7.04. The van der Waals surface area contributed by atoms with E-state index in [2.05, 4.69) is 17.0 Å². The van der Waals surface area contributed by atoms with E-state index < -0.39 is 0 Å². The minimum atomic E-state index is -0.0132. The first-order valence-electron chi connectivity index (χ1n) is 8.88. The van der Waals surface area contributed by atoms with E-state index in [1.54, 1.807) is 12.3 Å². The van der Waals surface area contributed by atoms with Crippen molar-refractivity contribution in [3.63, 3.8) is 0 Å². The summed E-state index contributed by atoms with van der Waals surface area (Å²) in [5, 5.41) is 0.650. The van der Waals surface area contributed by atoms with E-state index in [4.69, 9.17) is 0 Å². The summed E-state index contributed by atoms with van der Waals surface area (Å²) >= 11 is 0. The Morgan fingerprint density at radius 1 is 0.846 bits per heavy atom. The molecule has 3 aromatic rings. The first kappa shape index (κ1) is 16.4. The molecule has 1 aliphatic heterocycles. The molecule has 5 nitrogen and oxygen atoms in total. The lowest BCUT2D eigenvalue weighted by Gasteiger charge is -2.36. The predicted octanol–water partition coefficient (Wildman–Crippen LogP) is 2.35. The maximum Gasteiger partial charge on any atom is 0.242 e. The molecule has 0 radical (unpaired) electrons. The Morgan fingerprint density at radius 2 is 1.54 bits per heavy atom. The molecule has 1 aromatic heterocycles. The van der Waals surface area contributed by atoms with Crippen LogP contribution in [0.5, 0.6) is 0 Å². The number of anilines is 1. The van der Waals surface area contributed by atoms with Crippen LogP contribution >= 0.6 is 0 Å². The van der Waals surface area contributed by atoms with Crippen LogP contribution in [0.3, 0.4) is 0 Å². The molecule has 1 saturated heterocycles. The standard InChI is InChI=1S/C21H21N3O2/c25-20-10-11-24(19-9-5-4-8-18(19)20)16-21(26)23-14-12-22(13-15-23)17-6-2-1-3-7-17/h1-11H,12-16H2. The Labute approximate surface area is 152 Å². The number of hydrogen-bond donors (Lipinski definition) is 0. The van der Waals surface area contributed by atoms with Crippen LogP contribution in [0.1, 0.15) is 0 Å². The smallest absolute Gasteiger partial charge is 0.242 e. The van der Waals surface area contributed by atoms with Crippen LogP contribution in [0.15, 0.2) is 71.7 Å². The minimum absolute atomic E-state index is 0.0132. The van der Waals surface area contributed by atoms with E-state index >= 15 is 0 Å². The van der Waals surface area contributed by atoms with Gasteiger partial charge in [-0.3, -0.25) is 9.59 Å². The molecule has 0 spiro atoms. The average molecular weight is 347 g/mol. The number of hydrogen-bond acceptors (Lipinski definition) is 3. The molecule has 0 bridgehead atoms. The molecule has 2 aromatic carbocycles. The van der Waals surface area contributed by atoms with E-state index in [9.17, 15) is 9.59 Å². The maximum absolute atomic E-state index is 12.7. The van der Waals surface area contributed by atoms with Crippen molar-refractivity contribution in [1.82, 2.24) is 9.47 Å². The number of rotatable bonds is 3. The van der Waals surface area contributed by atoms with Crippen molar-refractivity contribution >= 4 is 22.5 Å². The van der Waals surface area contributed by atoms with E-state index in [0.717, 1.165) is 18.6 Å². The van der Waals surface area contributed by atoms with Gasteiger partial charge in [0.05, 0.1) is 5.52 Å². The van der Waals surface area contributed by atoms with Gasteiger partial charge in [-0.15, -0.1) is 0 Å². The molecule has 0 aliphatic carbocycles. The van der Waals surface area contributed by atoms with Gasteiger partial charge in [-0.2, -0.15) is 0 Å². The summed E-state index contributed by atoms with van der Waals surface area (Å²) in [5.41, 5.74) is 1.99. The van der Waals surface area contributed by atoms with Crippen LogP contribution in [0, 0.1) is 0 Å². The number of fused-ring (bicyclic) bond motifs is 1. The van der Waals surface area contributed by atoms with Gasteiger partial charge in [-0.1, -0.05) is 30.3 Å². The molecule has 26 heavy (non-hydrogen) atoms. The molecular weight excluding hydrogens is 326 g/mol. The SMILES string of the molecule is O=C(Cn1ccc(=O)c2ccccc21)N1CCN(c2ccccc2)CC1. The number of carbonyl (C=O) groups excluding carboxylic acids is 1. The zero-order valence-corrected chi connectivity index (χ0v) is 14.5. The fourth-order valence-electron chi connectivity index (χ4n) is 3.50. The summed E-state index contributed by atoms with van der Waals surface area (Å²) in [7, 11) is 0. The third-order valence-electron chi connectivity index (χ3n) is 4.94. The van der Waals surface area contributed by atoms with Gasteiger partial charge in [0.25, 0.3) is 0 Å². The molecule has 0 atom stereocenters. The first-order valence-corrected chi connectivity index (χ1v) is 8.88. The van der Waals surface area contributed by atoms with Crippen LogP contribution in [0.25, 0.3) is 10.9 Å². The highest BCUT2D eigenvalue weighted by Crippen LogP contribution is 2.16. The molecule has 5 heteroatoms. The Balaban J connectivity index is 1.45. The zero-order valence-electron chi connectivity index (χ0n) is 14.5. The van der Waals surface area contributed by atoms with Crippen LogP contribution in [-0.2, 0) is 11.3 Å². The second-order valence-electron chi connectivity index (χ2n) is 6.53. The van der Waals surface area contributed by atoms with Crippen molar-refractivity contribution in [3.05, 3.63) is 77.1 Å². The molecule has 2 heterocycles. The van der Waals surface area contributed by atoms with Gasteiger partial charge in [-0.05, 0) is 24.3 Å². The molecular formula is C21H21N3O2. The largest absolute Gasteiger partial charge is 0.368 e. The third-order valence-corrected chi connectivity index (χ3v) is 4.94. The van der Waals surface area contributed by atoms with Crippen molar-refractivity contribution in [2.24, 2.45) is 0 Å². The van der Waals surface area contributed by atoms with Gasteiger partial charge in [-0.25, -0.2) is 0 Å². The van der Waals surface area contributed by atoms with Crippen LogP contribution in [-0.4, -0.2) is 41.6 Å². The van der Waals surface area contributed by atoms with Crippen molar-refractivity contribution in [2.45, 2.75) is 6.54 Å². The highest BCUT2D eigenvalue weighted by molar-refractivity contribution is 5.82. The number of benzene rings is 2. The summed E-state index contributed by atoms with van der Waals surface area (Å²) in [6, 6.07) is 19.2. The molecule has 0 saturated carbocycles. The topological polar surface area (TPSA) is 45.6 Å². The van der Waals surface area contributed by atoms with Gasteiger partial charge in [0.15, 0.2) is 5.43 Å². The molecule has 0 N–H and O–H groups in total. The number of para-hydroxylation sites is 2. The molecule has 132 valence electrons. The molecule has 0 unspecified atom stereocenters. The second-order valence-corrected chi connectivity index (χ2v) is 6.53. The molecule has 1 aliphatic rings. The van der Waals surface area contributed by atoms with E-state index in [0.29, 0.717) is 18.5 Å². The molecule has 1 amide bonds. The lowest BCUT2D eigenvalue weighted by atomic mass is 10.2. The monoisotopic (exact) mass is 347 g/mol. The van der Waals surface area contributed by atoms with Crippen LogP contribution in [0.4, 0.5) is 5.69 Å². The lowest BCUT2D eigenvalue weighted by Crippen LogP contribution is -2.49. The summed E-state index contributed by atoms with van der Waals surface area (Å²) in [5.74, 6) is 0.0894. The van der Waals surface area contributed by atoms with Gasteiger partial charge in [0, 0.05) is 49.5 Å². The Hall–Kier alpha value is -3.08. The van der Waals surface area contributed by atoms with Crippen molar-refractivity contribution in [3.8, 4) is 0 Å². The van der Waals surface area contributed by atoms with E-state index in [-0.39, 0.29) is 17.9 Å². The zero-order chi connectivity index (χ0) is 17.9. The Kier molecular flexibility index (Phi) is 4.44. The number of piperazine rings is 1. The van der Waals surface area contributed by atoms with Crippen molar-refractivity contribution in [1.29, 1.82) is 0 Å². The average Bonchev–Trinajstić information content (AvgIpc) is 2.71. The number of nitrogens with zero attached hydrogens (tertiary/aromatic N) is 3. The highest BCUT2D eigenvalue weighted by atomic mass is 16.2. The minimum Gasteiger partial charge on any atom is -0.368 e. The van der Waals surface area contributed by atoms with Crippen LogP contribution in [0.2, 0.25) is 0 Å². The third kappa shape index (κ3) is 3.20. The highest BCUT2D eigenvalue weighted by Gasteiger charge is 2.21. The summed E-state index contributed by atoms with van der Waals surface area (Å²) < 4.78 is 1.86. The lowest BCUT2D eigenvalue weighted by molar-refractivity contribution is -0.132. The fourth-order valence-corrected chi connectivity index (χ4v) is 3.50. The number of amides is 1. The van der Waals surface area contributed by atoms with Crippen molar-refractivity contribution < 1.29 is 4.79 Å². The summed E-state index contributed by atoms with van der Waals surface area (Å²) in [4.78, 5) is 28.9. The predicted molar refractivity (Wildman–Crippen MR) is 103 cm³/mol. The van der Waals surface area contributed by atoms with Crippen LogP contribution < -0.4 is 10.3 Å². The Morgan fingerprint density at radius 3 is 2.31 bits per heavy atom. The van der Waals surface area contributed by atoms with Gasteiger partial charge in [0.2, 0.25) is 5.91 Å². The normalized spacial score (nSPS) is 14.6. The summed E-state index contributed by atoms with van der Waals surface area (Å²) in [6.45, 7) is 3.35. The van der Waals surface area contributed by atoms with Gasteiger partial charge < -0.3 is 14.4 Å². The molecule has 4 rings (SSSR count).